The topological polar surface area (TPSA) is 37.3 Å². The molecule has 128 valence electrons. The first-order chi connectivity index (χ1) is 9.35. The van der Waals surface area contributed by atoms with Gasteiger partial charge in [-0.2, -0.15) is 43.9 Å². The summed E-state index contributed by atoms with van der Waals surface area (Å²) in [5, 5.41) is 8.15. The minimum atomic E-state index is -7.37. The fourth-order valence-corrected chi connectivity index (χ4v) is 1.75. The van der Waals surface area contributed by atoms with E-state index in [9.17, 15) is 53.1 Å². The summed E-state index contributed by atoms with van der Waals surface area (Å²) in [4.78, 5) is 10.3. The van der Waals surface area contributed by atoms with Crippen molar-refractivity contribution >= 4 is 5.97 Å². The molecule has 0 saturated heterocycles. The lowest BCUT2D eigenvalue weighted by molar-refractivity contribution is -0.478. The molecular formula is C9H3F11O2. The standard InChI is InChI=1S/C9H3F11O2/c1-2(3(21)22)4(10)5(11,12)7(15,16)9(19,20)8(17,18)6(4,13)14/h1H2,(H,21,22). The molecule has 0 heterocycles. The van der Waals surface area contributed by atoms with Gasteiger partial charge in [0, 0.05) is 0 Å². The molecule has 0 aromatic heterocycles. The molecule has 0 radical (unpaired) electrons. The van der Waals surface area contributed by atoms with Gasteiger partial charge >= 0.3 is 35.6 Å². The molecule has 1 aliphatic rings. The molecule has 0 spiro atoms. The van der Waals surface area contributed by atoms with Crippen LogP contribution in [0.25, 0.3) is 0 Å². The Morgan fingerprint density at radius 1 is 0.636 bits per heavy atom. The van der Waals surface area contributed by atoms with Crippen molar-refractivity contribution in [1.29, 1.82) is 0 Å². The Balaban J connectivity index is 3.93. The predicted octanol–water partition coefficient (Wildman–Crippen LogP) is 3.53. The molecule has 1 rings (SSSR count). The molecule has 2 nitrogen and oxygen atoms in total. The number of rotatable bonds is 2. The molecule has 0 amide bonds. The maximum Gasteiger partial charge on any atom is 0.384 e. The molecule has 0 aliphatic heterocycles. The zero-order valence-corrected chi connectivity index (χ0v) is 9.72. The molecule has 1 fully saturated rings. The number of alkyl halides is 11. The van der Waals surface area contributed by atoms with Crippen LogP contribution in [0.3, 0.4) is 0 Å². The Morgan fingerprint density at radius 3 is 1.09 bits per heavy atom. The Kier molecular flexibility index (Phi) is 3.40. The van der Waals surface area contributed by atoms with E-state index in [4.69, 9.17) is 5.11 Å². The second kappa shape index (κ2) is 4.04. The summed E-state index contributed by atoms with van der Waals surface area (Å²) < 4.78 is 144. The minimum Gasteiger partial charge on any atom is -0.478 e. The first-order valence-electron chi connectivity index (χ1n) is 4.86. The summed E-state index contributed by atoms with van der Waals surface area (Å²) in [5.74, 6) is -39.6. The zero-order chi connectivity index (χ0) is 18.2. The first-order valence-corrected chi connectivity index (χ1v) is 4.86. The van der Waals surface area contributed by atoms with Crippen LogP contribution in [0.5, 0.6) is 0 Å². The van der Waals surface area contributed by atoms with Crippen LogP contribution in [0.2, 0.25) is 0 Å². The summed E-state index contributed by atoms with van der Waals surface area (Å²) in [6.45, 7) is 1.77. The van der Waals surface area contributed by atoms with Gasteiger partial charge in [0.05, 0.1) is 5.57 Å². The summed E-state index contributed by atoms with van der Waals surface area (Å²) >= 11 is 0. The van der Waals surface area contributed by atoms with Crippen molar-refractivity contribution in [3.63, 3.8) is 0 Å². The largest absolute Gasteiger partial charge is 0.478 e. The smallest absolute Gasteiger partial charge is 0.384 e. The van der Waals surface area contributed by atoms with Crippen molar-refractivity contribution in [3.8, 4) is 0 Å². The van der Waals surface area contributed by atoms with Crippen LogP contribution in [0.4, 0.5) is 48.3 Å². The van der Waals surface area contributed by atoms with Gasteiger partial charge in [-0.05, 0) is 0 Å². The van der Waals surface area contributed by atoms with Crippen molar-refractivity contribution in [1.82, 2.24) is 0 Å². The fourth-order valence-electron chi connectivity index (χ4n) is 1.75. The van der Waals surface area contributed by atoms with Gasteiger partial charge in [-0.15, -0.1) is 0 Å². The van der Waals surface area contributed by atoms with E-state index >= 15 is 0 Å². The van der Waals surface area contributed by atoms with Crippen molar-refractivity contribution in [3.05, 3.63) is 12.2 Å². The maximum absolute atomic E-state index is 13.8. The van der Waals surface area contributed by atoms with Gasteiger partial charge in [-0.1, -0.05) is 6.58 Å². The Morgan fingerprint density at radius 2 is 0.864 bits per heavy atom. The Labute approximate surface area is 113 Å². The highest BCUT2D eigenvalue weighted by atomic mass is 19.4. The van der Waals surface area contributed by atoms with Gasteiger partial charge in [-0.25, -0.2) is 9.18 Å². The van der Waals surface area contributed by atoms with Crippen molar-refractivity contribution in [2.24, 2.45) is 0 Å². The molecular weight excluding hydrogens is 349 g/mol. The molecule has 0 unspecified atom stereocenters. The van der Waals surface area contributed by atoms with Crippen LogP contribution in [0.1, 0.15) is 0 Å². The number of carbonyl (C=O) groups is 1. The van der Waals surface area contributed by atoms with Gasteiger partial charge in [0.1, 0.15) is 0 Å². The van der Waals surface area contributed by atoms with Crippen molar-refractivity contribution < 1.29 is 58.2 Å². The highest BCUT2D eigenvalue weighted by Gasteiger charge is 3.01. The Bertz CT molecular complexity index is 506. The van der Waals surface area contributed by atoms with Crippen LogP contribution in [-0.2, 0) is 4.79 Å². The number of hydrogen-bond donors (Lipinski definition) is 1. The van der Waals surface area contributed by atoms with E-state index in [0.29, 0.717) is 0 Å². The Hall–Kier alpha value is -1.56. The van der Waals surface area contributed by atoms with E-state index in [1.807, 2.05) is 0 Å². The van der Waals surface area contributed by atoms with Crippen molar-refractivity contribution in [2.45, 2.75) is 35.3 Å². The second-order valence-electron chi connectivity index (χ2n) is 4.31. The highest BCUT2D eigenvalue weighted by Crippen LogP contribution is 2.70. The molecule has 0 bridgehead atoms. The van der Waals surface area contributed by atoms with Gasteiger partial charge in [0.25, 0.3) is 5.67 Å². The monoisotopic (exact) mass is 352 g/mol. The van der Waals surface area contributed by atoms with E-state index in [1.165, 1.54) is 0 Å². The first kappa shape index (κ1) is 18.5. The van der Waals surface area contributed by atoms with E-state index in [1.54, 1.807) is 6.58 Å². The van der Waals surface area contributed by atoms with Crippen LogP contribution in [0, 0.1) is 0 Å². The van der Waals surface area contributed by atoms with Crippen molar-refractivity contribution in [2.75, 3.05) is 0 Å². The lowest BCUT2D eigenvalue weighted by atomic mass is 9.69. The zero-order valence-electron chi connectivity index (χ0n) is 9.72. The molecule has 22 heavy (non-hydrogen) atoms. The molecule has 1 saturated carbocycles. The third kappa shape index (κ3) is 1.44. The van der Waals surface area contributed by atoms with E-state index in [0.717, 1.165) is 0 Å². The third-order valence-corrected chi connectivity index (χ3v) is 3.12. The fraction of sp³-hybridized carbons (Fsp3) is 0.667. The van der Waals surface area contributed by atoms with Gasteiger partial charge in [-0.3, -0.25) is 0 Å². The average Bonchev–Trinajstić information content (AvgIpc) is 2.34. The van der Waals surface area contributed by atoms with E-state index in [-0.39, 0.29) is 0 Å². The molecule has 0 aromatic carbocycles. The van der Waals surface area contributed by atoms with Gasteiger partial charge < -0.3 is 5.11 Å². The summed E-state index contributed by atoms with van der Waals surface area (Å²) in [6, 6.07) is 0. The van der Waals surface area contributed by atoms with Gasteiger partial charge in [0.15, 0.2) is 0 Å². The maximum atomic E-state index is 13.8. The number of halogens is 11. The van der Waals surface area contributed by atoms with E-state index < -0.39 is 46.8 Å². The highest BCUT2D eigenvalue weighted by molar-refractivity contribution is 5.89. The van der Waals surface area contributed by atoms with E-state index in [2.05, 4.69) is 0 Å². The molecule has 13 heteroatoms. The SMILES string of the molecule is C=C(C(=O)O)C1(F)C(F)(F)C(F)(F)C(F)(F)C(F)(F)C1(F)F. The summed E-state index contributed by atoms with van der Waals surface area (Å²) in [7, 11) is 0. The normalized spacial score (nSPS) is 29.6. The second-order valence-corrected chi connectivity index (χ2v) is 4.31. The number of carboxylic acids is 1. The molecule has 1 N–H and O–H groups in total. The van der Waals surface area contributed by atoms with Crippen LogP contribution in [0.15, 0.2) is 12.2 Å². The summed E-state index contributed by atoms with van der Waals surface area (Å²) in [5.41, 5.74) is -9.79. The predicted molar refractivity (Wildman–Crippen MR) is 45.3 cm³/mol. The van der Waals surface area contributed by atoms with Crippen LogP contribution in [-0.4, -0.2) is 46.4 Å². The summed E-state index contributed by atoms with van der Waals surface area (Å²) in [6.07, 6.45) is 0. The average molecular weight is 352 g/mol. The third-order valence-electron chi connectivity index (χ3n) is 3.12. The number of hydrogen-bond acceptors (Lipinski definition) is 1. The molecule has 0 aromatic rings. The quantitative estimate of drug-likeness (QED) is 0.610. The molecule has 0 atom stereocenters. The van der Waals surface area contributed by atoms with Crippen LogP contribution >= 0.6 is 0 Å². The van der Waals surface area contributed by atoms with Crippen LogP contribution < -0.4 is 0 Å². The number of carboxylic acid groups (broad SMARTS) is 1. The molecule has 1 aliphatic carbocycles. The minimum absolute atomic E-state index is 1.77. The lowest BCUT2D eigenvalue weighted by Crippen LogP contribution is -2.84. The van der Waals surface area contributed by atoms with Gasteiger partial charge in [0.2, 0.25) is 0 Å². The lowest BCUT2D eigenvalue weighted by Gasteiger charge is -2.52. The number of aliphatic carboxylic acids is 1.